The maximum absolute atomic E-state index is 5.68. The smallest absolute Gasteiger partial charge is 0.0785 e. The summed E-state index contributed by atoms with van der Waals surface area (Å²) in [6.45, 7) is 2.67. The van der Waals surface area contributed by atoms with Crippen LogP contribution in [0.15, 0.2) is 12.4 Å². The van der Waals surface area contributed by atoms with Crippen LogP contribution in [-0.2, 0) is 4.74 Å². The molecule has 0 aromatic carbocycles. The van der Waals surface area contributed by atoms with Crippen LogP contribution in [0.5, 0.6) is 0 Å². The van der Waals surface area contributed by atoms with Crippen molar-refractivity contribution in [3.63, 3.8) is 0 Å². The fourth-order valence-corrected chi connectivity index (χ4v) is 1.02. The van der Waals surface area contributed by atoms with Gasteiger partial charge in [0.05, 0.1) is 23.9 Å². The average Bonchev–Trinajstić information content (AvgIpc) is 2.36. The van der Waals surface area contributed by atoms with Gasteiger partial charge in [0.1, 0.15) is 0 Å². The summed E-state index contributed by atoms with van der Waals surface area (Å²) in [7, 11) is 1.67. The molecule has 0 aliphatic heterocycles. The van der Waals surface area contributed by atoms with Crippen molar-refractivity contribution in [1.82, 2.24) is 9.78 Å². The largest absolute Gasteiger partial charge is 0.382 e. The van der Waals surface area contributed by atoms with Crippen LogP contribution in [0.3, 0.4) is 0 Å². The molecule has 4 heteroatoms. The lowest BCUT2D eigenvalue weighted by atomic mass is 10.4. The van der Waals surface area contributed by atoms with Gasteiger partial charge in [0, 0.05) is 13.3 Å². The van der Waals surface area contributed by atoms with Crippen LogP contribution in [0.2, 0.25) is 5.02 Å². The maximum Gasteiger partial charge on any atom is 0.0785 e. The van der Waals surface area contributed by atoms with Crippen molar-refractivity contribution >= 4 is 11.6 Å². The van der Waals surface area contributed by atoms with Gasteiger partial charge in [-0.1, -0.05) is 11.6 Å². The zero-order valence-corrected chi connectivity index (χ0v) is 7.38. The number of methoxy groups -OCH3 is 1. The van der Waals surface area contributed by atoms with Crippen molar-refractivity contribution in [1.29, 1.82) is 0 Å². The number of aromatic nitrogens is 2. The van der Waals surface area contributed by atoms with Crippen LogP contribution >= 0.6 is 11.6 Å². The van der Waals surface area contributed by atoms with Gasteiger partial charge in [-0.2, -0.15) is 5.10 Å². The third-order valence-corrected chi connectivity index (χ3v) is 1.62. The Morgan fingerprint density at radius 2 is 2.55 bits per heavy atom. The summed E-state index contributed by atoms with van der Waals surface area (Å²) in [5, 5.41) is 4.70. The molecule has 1 unspecified atom stereocenters. The Bertz CT molecular complexity index is 224. The van der Waals surface area contributed by atoms with E-state index in [0.29, 0.717) is 11.6 Å². The molecule has 0 fully saturated rings. The van der Waals surface area contributed by atoms with Gasteiger partial charge in [-0.3, -0.25) is 4.68 Å². The second kappa shape index (κ2) is 3.74. The monoisotopic (exact) mass is 174 g/mol. The number of halogens is 1. The van der Waals surface area contributed by atoms with Gasteiger partial charge in [-0.15, -0.1) is 0 Å². The number of rotatable bonds is 3. The topological polar surface area (TPSA) is 27.1 Å². The molecule has 1 heterocycles. The van der Waals surface area contributed by atoms with E-state index in [2.05, 4.69) is 5.10 Å². The average molecular weight is 175 g/mol. The van der Waals surface area contributed by atoms with Crippen molar-refractivity contribution in [3.05, 3.63) is 17.4 Å². The van der Waals surface area contributed by atoms with E-state index in [1.807, 2.05) is 6.92 Å². The standard InChI is InChI=1S/C7H11ClN2O/c1-6(5-11-2)10-4-7(8)3-9-10/h3-4,6H,5H2,1-2H3. The molecule has 0 saturated carbocycles. The fraction of sp³-hybridized carbons (Fsp3) is 0.571. The summed E-state index contributed by atoms with van der Waals surface area (Å²) in [5.41, 5.74) is 0. The predicted octanol–water partition coefficient (Wildman–Crippen LogP) is 1.74. The Balaban J connectivity index is 2.60. The van der Waals surface area contributed by atoms with Crippen LogP contribution in [0.25, 0.3) is 0 Å². The zero-order valence-electron chi connectivity index (χ0n) is 6.62. The SMILES string of the molecule is COCC(C)n1cc(Cl)cn1. The molecule has 0 aliphatic carbocycles. The second-order valence-electron chi connectivity index (χ2n) is 2.44. The lowest BCUT2D eigenvalue weighted by molar-refractivity contribution is 0.157. The second-order valence-corrected chi connectivity index (χ2v) is 2.88. The van der Waals surface area contributed by atoms with Gasteiger partial charge in [0.2, 0.25) is 0 Å². The summed E-state index contributed by atoms with van der Waals surface area (Å²) in [4.78, 5) is 0. The van der Waals surface area contributed by atoms with E-state index in [1.165, 1.54) is 0 Å². The number of hydrogen-bond acceptors (Lipinski definition) is 2. The quantitative estimate of drug-likeness (QED) is 0.698. The molecule has 1 aromatic heterocycles. The van der Waals surface area contributed by atoms with Gasteiger partial charge in [0.25, 0.3) is 0 Å². The first-order chi connectivity index (χ1) is 5.24. The molecule has 1 rings (SSSR count). The van der Waals surface area contributed by atoms with Gasteiger partial charge >= 0.3 is 0 Å². The van der Waals surface area contributed by atoms with E-state index in [4.69, 9.17) is 16.3 Å². The Labute approximate surface area is 70.9 Å². The summed E-state index contributed by atoms with van der Waals surface area (Å²) in [6.07, 6.45) is 3.40. The molecule has 0 saturated heterocycles. The highest BCUT2D eigenvalue weighted by atomic mass is 35.5. The molecule has 0 spiro atoms. The number of hydrogen-bond donors (Lipinski definition) is 0. The van der Waals surface area contributed by atoms with Crippen LogP contribution in [-0.4, -0.2) is 23.5 Å². The minimum Gasteiger partial charge on any atom is -0.382 e. The minimum absolute atomic E-state index is 0.243. The summed E-state index contributed by atoms with van der Waals surface area (Å²) in [6, 6.07) is 0.243. The lowest BCUT2D eigenvalue weighted by Gasteiger charge is -2.09. The maximum atomic E-state index is 5.68. The van der Waals surface area contributed by atoms with E-state index in [-0.39, 0.29) is 6.04 Å². The van der Waals surface area contributed by atoms with E-state index in [9.17, 15) is 0 Å². The molecular formula is C7H11ClN2O. The molecule has 0 N–H and O–H groups in total. The first-order valence-corrected chi connectivity index (χ1v) is 3.80. The van der Waals surface area contributed by atoms with Crippen molar-refractivity contribution in [2.24, 2.45) is 0 Å². The zero-order chi connectivity index (χ0) is 8.27. The predicted molar refractivity (Wildman–Crippen MR) is 43.8 cm³/mol. The summed E-state index contributed by atoms with van der Waals surface area (Å²) >= 11 is 5.68. The normalized spacial score (nSPS) is 13.4. The number of nitrogens with zero attached hydrogens (tertiary/aromatic N) is 2. The first-order valence-electron chi connectivity index (χ1n) is 3.42. The van der Waals surface area contributed by atoms with Crippen LogP contribution in [0, 0.1) is 0 Å². The first kappa shape index (κ1) is 8.56. The molecule has 0 aliphatic rings. The molecular weight excluding hydrogens is 164 g/mol. The van der Waals surface area contributed by atoms with Crippen LogP contribution < -0.4 is 0 Å². The van der Waals surface area contributed by atoms with E-state index in [1.54, 1.807) is 24.2 Å². The molecule has 0 bridgehead atoms. The van der Waals surface area contributed by atoms with Crippen molar-refractivity contribution in [3.8, 4) is 0 Å². The molecule has 0 amide bonds. The Kier molecular flexibility index (Phi) is 2.91. The molecule has 0 radical (unpaired) electrons. The highest BCUT2D eigenvalue weighted by Crippen LogP contribution is 2.10. The van der Waals surface area contributed by atoms with Crippen molar-refractivity contribution in [2.75, 3.05) is 13.7 Å². The molecule has 1 atom stereocenters. The van der Waals surface area contributed by atoms with Crippen molar-refractivity contribution < 1.29 is 4.74 Å². The van der Waals surface area contributed by atoms with Gasteiger partial charge in [-0.05, 0) is 6.92 Å². The lowest BCUT2D eigenvalue weighted by Crippen LogP contribution is -2.10. The summed E-state index contributed by atoms with van der Waals surface area (Å²) in [5.74, 6) is 0. The summed E-state index contributed by atoms with van der Waals surface area (Å²) < 4.78 is 6.75. The molecule has 11 heavy (non-hydrogen) atoms. The van der Waals surface area contributed by atoms with Crippen molar-refractivity contribution in [2.45, 2.75) is 13.0 Å². The van der Waals surface area contributed by atoms with Gasteiger partial charge < -0.3 is 4.74 Å². The van der Waals surface area contributed by atoms with Gasteiger partial charge in [0.15, 0.2) is 0 Å². The van der Waals surface area contributed by atoms with Crippen LogP contribution in [0.4, 0.5) is 0 Å². The third kappa shape index (κ3) is 2.20. The van der Waals surface area contributed by atoms with Crippen LogP contribution in [0.1, 0.15) is 13.0 Å². The minimum atomic E-state index is 0.243. The van der Waals surface area contributed by atoms with E-state index < -0.39 is 0 Å². The van der Waals surface area contributed by atoms with E-state index >= 15 is 0 Å². The Morgan fingerprint density at radius 3 is 3.00 bits per heavy atom. The number of ether oxygens (including phenoxy) is 1. The molecule has 1 aromatic rings. The Hall–Kier alpha value is -0.540. The third-order valence-electron chi connectivity index (χ3n) is 1.43. The van der Waals surface area contributed by atoms with E-state index in [0.717, 1.165) is 0 Å². The van der Waals surface area contributed by atoms with Gasteiger partial charge in [-0.25, -0.2) is 0 Å². The highest BCUT2D eigenvalue weighted by molar-refractivity contribution is 6.30. The fourth-order valence-electron chi connectivity index (χ4n) is 0.873. The highest BCUT2D eigenvalue weighted by Gasteiger charge is 2.04. The molecule has 62 valence electrons. The Morgan fingerprint density at radius 1 is 1.82 bits per heavy atom. The molecule has 3 nitrogen and oxygen atoms in total.